The van der Waals surface area contributed by atoms with Gasteiger partial charge >= 0.3 is 115 Å². The first-order valence-corrected chi connectivity index (χ1v) is 7.98. The molecule has 0 aromatic rings. The Labute approximate surface area is 139 Å². The minimum absolute atomic E-state index is 0. The largest absolute Gasteiger partial charge is 1.00 e. The van der Waals surface area contributed by atoms with Gasteiger partial charge in [-0.1, -0.05) is 0 Å². The number of rotatable bonds is 2. The molecule has 0 heterocycles. The van der Waals surface area contributed by atoms with Gasteiger partial charge in [-0.3, -0.25) is 0 Å². The Hall–Kier alpha value is 0.254. The Kier molecular flexibility index (Phi) is 7.41. The summed E-state index contributed by atoms with van der Waals surface area (Å²) in [5.74, 6) is 0. The van der Waals surface area contributed by atoms with Gasteiger partial charge in [0.15, 0.2) is 0 Å². The molecule has 0 radical (unpaired) electrons. The molecule has 0 aromatic carbocycles. The van der Waals surface area contributed by atoms with Crippen molar-refractivity contribution in [3.63, 3.8) is 0 Å². The fraction of sp³-hybridized carbons (Fsp3) is 0.500. The molecule has 0 nitrogen and oxygen atoms in total. The predicted octanol–water partition coefficient (Wildman–Crippen LogP) is -0.895. The number of hydrogen-bond acceptors (Lipinski definition) is 0. The smallest absolute Gasteiger partial charge is 1.00 e. The van der Waals surface area contributed by atoms with Crippen LogP contribution in [0.3, 0.4) is 0 Å². The quantitative estimate of drug-likeness (QED) is 0.575. The van der Waals surface area contributed by atoms with Crippen molar-refractivity contribution in [2.24, 2.45) is 0 Å². The van der Waals surface area contributed by atoms with Gasteiger partial charge in [0.05, 0.1) is 0 Å². The maximum Gasteiger partial charge on any atom is -1.00 e. The molecule has 0 fully saturated rings. The Morgan fingerprint density at radius 3 is 1.11 bits per heavy atom. The van der Waals surface area contributed by atoms with E-state index in [0.717, 1.165) is 0 Å². The summed E-state index contributed by atoms with van der Waals surface area (Å²) >= 11 is -0.105. The molecule has 2 aliphatic rings. The van der Waals surface area contributed by atoms with E-state index in [0.29, 0.717) is 0 Å². The summed E-state index contributed by atoms with van der Waals surface area (Å²) in [6, 6.07) is 0. The number of halogens is 2. The van der Waals surface area contributed by atoms with Gasteiger partial charge in [0.1, 0.15) is 0 Å². The molecule has 0 amide bonds. The van der Waals surface area contributed by atoms with E-state index in [1.165, 1.54) is 12.8 Å². The fourth-order valence-electron chi connectivity index (χ4n) is 2.83. The van der Waals surface area contributed by atoms with Crippen molar-refractivity contribution >= 4 is 0 Å². The third-order valence-corrected chi connectivity index (χ3v) is 7.48. The summed E-state index contributed by atoms with van der Waals surface area (Å²) in [7, 11) is 0. The van der Waals surface area contributed by atoms with E-state index in [2.05, 4.69) is 41.5 Å². The summed E-state index contributed by atoms with van der Waals surface area (Å²) in [4.78, 5) is 0. The third kappa shape index (κ3) is 3.67. The molecule has 0 spiro atoms. The molecule has 0 bridgehead atoms. The standard InChI is InChI=1S/2C8H11.2ClH.Ti/c2*1-6-4-7(2)8(3)5-6;;;/h2*4H2,1-3H3;2*1H;/q;;;;+2/p-2. The van der Waals surface area contributed by atoms with Crippen molar-refractivity contribution in [2.45, 2.75) is 54.4 Å². The van der Waals surface area contributed by atoms with Crippen LogP contribution in [0.1, 0.15) is 54.4 Å². The fourth-order valence-corrected chi connectivity index (χ4v) is 5.42. The maximum absolute atomic E-state index is 2.33. The Morgan fingerprint density at radius 2 is 0.895 bits per heavy atom. The van der Waals surface area contributed by atoms with E-state index in [1.807, 2.05) is 0 Å². The van der Waals surface area contributed by atoms with Crippen LogP contribution in [0.25, 0.3) is 0 Å². The molecule has 0 aliphatic heterocycles. The summed E-state index contributed by atoms with van der Waals surface area (Å²) in [6.45, 7) is 13.9. The van der Waals surface area contributed by atoms with Crippen LogP contribution >= 0.6 is 0 Å². The minimum atomic E-state index is -0.105. The maximum atomic E-state index is 2.33. The molecule has 0 unspecified atom stereocenters. The molecule has 3 heteroatoms. The van der Waals surface area contributed by atoms with Gasteiger partial charge in [-0.05, 0) is 0 Å². The van der Waals surface area contributed by atoms with Crippen molar-refractivity contribution in [3.8, 4) is 0 Å². The Morgan fingerprint density at radius 1 is 0.579 bits per heavy atom. The van der Waals surface area contributed by atoms with E-state index in [4.69, 9.17) is 0 Å². The average molecular weight is 333 g/mol. The Bertz CT molecular complexity index is 459. The van der Waals surface area contributed by atoms with Crippen LogP contribution in [0.15, 0.2) is 41.2 Å². The second kappa shape index (κ2) is 7.32. The molecule has 0 aromatic heterocycles. The topological polar surface area (TPSA) is 0 Å². The average Bonchev–Trinajstić information content (AvgIpc) is 2.62. The first-order valence-electron chi connectivity index (χ1n) is 6.41. The van der Waals surface area contributed by atoms with Gasteiger partial charge in [-0.2, -0.15) is 0 Å². The second-order valence-electron chi connectivity index (χ2n) is 5.60. The molecule has 19 heavy (non-hydrogen) atoms. The van der Waals surface area contributed by atoms with Crippen LogP contribution in [0, 0.1) is 0 Å². The van der Waals surface area contributed by atoms with Crippen LogP contribution < -0.4 is 24.8 Å². The monoisotopic (exact) mass is 332 g/mol. The summed E-state index contributed by atoms with van der Waals surface area (Å²) in [5, 5.41) is 0. The van der Waals surface area contributed by atoms with Crippen molar-refractivity contribution in [3.05, 3.63) is 41.2 Å². The zero-order chi connectivity index (χ0) is 12.7. The molecule has 2 rings (SSSR count). The van der Waals surface area contributed by atoms with Gasteiger partial charge in [0, 0.05) is 0 Å². The summed E-state index contributed by atoms with van der Waals surface area (Å²) in [6.07, 6.45) is 2.44. The summed E-state index contributed by atoms with van der Waals surface area (Å²) in [5.41, 5.74) is 9.65. The van der Waals surface area contributed by atoms with Gasteiger partial charge in [0.25, 0.3) is 0 Å². The molecule has 0 saturated heterocycles. The predicted molar refractivity (Wildman–Crippen MR) is 71.4 cm³/mol. The van der Waals surface area contributed by atoms with Gasteiger partial charge in [-0.25, -0.2) is 0 Å². The van der Waals surface area contributed by atoms with E-state index >= 15 is 0 Å². The van der Waals surface area contributed by atoms with E-state index in [-0.39, 0.29) is 44.0 Å². The summed E-state index contributed by atoms with van der Waals surface area (Å²) < 4.78 is 3.46. The van der Waals surface area contributed by atoms with E-state index < -0.39 is 0 Å². The molecule has 0 atom stereocenters. The van der Waals surface area contributed by atoms with Crippen LogP contribution in [-0.2, 0) is 19.2 Å². The number of hydrogen-bond donors (Lipinski definition) is 0. The zero-order valence-electron chi connectivity index (χ0n) is 12.7. The normalized spacial score (nSPS) is 18.8. The first-order chi connectivity index (χ1) is 7.91. The van der Waals surface area contributed by atoms with Gasteiger partial charge < -0.3 is 24.8 Å². The Balaban J connectivity index is 0.00000162. The second-order valence-corrected chi connectivity index (χ2v) is 7.55. The van der Waals surface area contributed by atoms with Gasteiger partial charge in [0.2, 0.25) is 0 Å². The molecule has 0 N–H and O–H groups in total. The zero-order valence-corrected chi connectivity index (χ0v) is 15.7. The van der Waals surface area contributed by atoms with E-state index in [9.17, 15) is 0 Å². The molecular weight excluding hydrogens is 311 g/mol. The molecule has 104 valence electrons. The molecular formula is C16H22Cl2Ti. The van der Waals surface area contributed by atoms with E-state index in [1.54, 1.807) is 41.2 Å². The van der Waals surface area contributed by atoms with Crippen LogP contribution in [0.4, 0.5) is 0 Å². The third-order valence-electron chi connectivity index (χ3n) is 4.19. The molecule has 2 aliphatic carbocycles. The van der Waals surface area contributed by atoms with Crippen molar-refractivity contribution in [1.82, 2.24) is 0 Å². The van der Waals surface area contributed by atoms with Crippen LogP contribution in [0.5, 0.6) is 0 Å². The number of allylic oxidation sites excluding steroid dienone is 8. The van der Waals surface area contributed by atoms with Crippen LogP contribution in [0.2, 0.25) is 0 Å². The van der Waals surface area contributed by atoms with Crippen molar-refractivity contribution in [2.75, 3.05) is 0 Å². The van der Waals surface area contributed by atoms with Crippen molar-refractivity contribution in [1.29, 1.82) is 0 Å². The SMILES string of the molecule is CC1=C(C)[C]([Ti+2][C]2=C(C)CC(C)=C2C)=C(C)C1.[Cl-].[Cl-]. The molecule has 0 saturated carbocycles. The van der Waals surface area contributed by atoms with Gasteiger partial charge in [-0.15, -0.1) is 0 Å². The van der Waals surface area contributed by atoms with Crippen molar-refractivity contribution < 1.29 is 44.0 Å². The first kappa shape index (κ1) is 19.3. The van der Waals surface area contributed by atoms with Crippen LogP contribution in [-0.4, -0.2) is 0 Å². The minimum Gasteiger partial charge on any atom is -1.00 e.